The average molecular weight is 419 g/mol. The van der Waals surface area contributed by atoms with Crippen LogP contribution in [0.1, 0.15) is 34.6 Å². The molecule has 1 aromatic carbocycles. The van der Waals surface area contributed by atoms with E-state index in [9.17, 15) is 22.4 Å². The zero-order chi connectivity index (χ0) is 21.3. The van der Waals surface area contributed by atoms with Crippen LogP contribution in [0.3, 0.4) is 0 Å². The predicted octanol–water partition coefficient (Wildman–Crippen LogP) is 2.96. The van der Waals surface area contributed by atoms with Crippen molar-refractivity contribution in [3.05, 3.63) is 47.3 Å². The number of carbonyl (C=O) groups is 2. The molecule has 8 nitrogen and oxygen atoms in total. The summed E-state index contributed by atoms with van der Waals surface area (Å²) in [5.74, 6) is -1.68. The highest BCUT2D eigenvalue weighted by atomic mass is 32.2. The number of sulfonamides is 1. The minimum absolute atomic E-state index is 0.00821. The Hall–Kier alpha value is -3.27. The Kier molecular flexibility index (Phi) is 5.38. The van der Waals surface area contributed by atoms with E-state index in [0.717, 1.165) is 0 Å². The third-order valence-corrected chi connectivity index (χ3v) is 5.52. The summed E-state index contributed by atoms with van der Waals surface area (Å²) in [6.45, 7) is 2.70. The number of carbonyl (C=O) groups excluding carboxylic acids is 2. The monoisotopic (exact) mass is 419 g/mol. The SMILES string of the molecule is CCS(=O)(=O)Nc1nc2oc(-c3ccc(F)cc3)c(C(=O)NC)c2cc1C(C)=O. The van der Waals surface area contributed by atoms with E-state index in [2.05, 4.69) is 15.0 Å². The van der Waals surface area contributed by atoms with E-state index in [1.54, 1.807) is 0 Å². The highest BCUT2D eigenvalue weighted by molar-refractivity contribution is 7.92. The molecule has 3 rings (SSSR count). The van der Waals surface area contributed by atoms with E-state index in [0.29, 0.717) is 5.56 Å². The largest absolute Gasteiger partial charge is 0.437 e. The van der Waals surface area contributed by atoms with Gasteiger partial charge in [0.05, 0.1) is 22.3 Å². The molecule has 3 aromatic rings. The molecule has 2 heterocycles. The van der Waals surface area contributed by atoms with Crippen LogP contribution in [0.4, 0.5) is 10.2 Å². The van der Waals surface area contributed by atoms with Gasteiger partial charge in [0.25, 0.3) is 5.91 Å². The zero-order valence-electron chi connectivity index (χ0n) is 15.9. The second-order valence-electron chi connectivity index (χ2n) is 6.19. The molecular weight excluding hydrogens is 401 g/mol. The van der Waals surface area contributed by atoms with Gasteiger partial charge in [0.15, 0.2) is 11.6 Å². The molecule has 0 saturated carbocycles. The Morgan fingerprint density at radius 2 is 1.86 bits per heavy atom. The molecule has 10 heteroatoms. The van der Waals surface area contributed by atoms with Gasteiger partial charge < -0.3 is 9.73 Å². The highest BCUT2D eigenvalue weighted by Crippen LogP contribution is 2.35. The van der Waals surface area contributed by atoms with Crippen molar-refractivity contribution >= 4 is 38.6 Å². The van der Waals surface area contributed by atoms with Crippen LogP contribution in [0.15, 0.2) is 34.7 Å². The lowest BCUT2D eigenvalue weighted by Crippen LogP contribution is -2.19. The maximum Gasteiger partial charge on any atom is 0.255 e. The standard InChI is InChI=1S/C19H18FN3O5S/c1-4-29(26,27)23-17-13(10(2)24)9-14-15(18(25)21-3)16(28-19(14)22-17)11-5-7-12(20)8-6-11/h5-9H,4H2,1-3H3,(H,21,25)(H,22,23). The average Bonchev–Trinajstić information content (AvgIpc) is 3.05. The molecule has 0 aliphatic heterocycles. The predicted molar refractivity (Wildman–Crippen MR) is 106 cm³/mol. The molecule has 0 aliphatic rings. The van der Waals surface area contributed by atoms with E-state index in [1.807, 2.05) is 0 Å². The van der Waals surface area contributed by atoms with Crippen molar-refractivity contribution in [3.63, 3.8) is 0 Å². The van der Waals surface area contributed by atoms with E-state index in [-0.39, 0.29) is 39.6 Å². The van der Waals surface area contributed by atoms with Crippen LogP contribution in [0.5, 0.6) is 0 Å². The molecule has 0 atom stereocenters. The number of halogens is 1. The van der Waals surface area contributed by atoms with Crippen molar-refractivity contribution < 1.29 is 26.8 Å². The van der Waals surface area contributed by atoms with E-state index < -0.39 is 27.5 Å². The van der Waals surface area contributed by atoms with Crippen molar-refractivity contribution in [1.82, 2.24) is 10.3 Å². The number of Topliss-reactive ketones (excluding diaryl/α,β-unsaturated/α-hetero) is 1. The Balaban J connectivity index is 2.32. The molecule has 0 bridgehead atoms. The van der Waals surface area contributed by atoms with Crippen LogP contribution in [-0.4, -0.2) is 37.9 Å². The molecule has 2 aromatic heterocycles. The van der Waals surface area contributed by atoms with Crippen LogP contribution in [0.2, 0.25) is 0 Å². The molecule has 0 radical (unpaired) electrons. The molecule has 0 saturated heterocycles. The summed E-state index contributed by atoms with van der Waals surface area (Å²) >= 11 is 0. The van der Waals surface area contributed by atoms with Crippen LogP contribution in [0, 0.1) is 5.82 Å². The molecule has 0 spiro atoms. The van der Waals surface area contributed by atoms with Crippen molar-refractivity contribution in [1.29, 1.82) is 0 Å². The smallest absolute Gasteiger partial charge is 0.255 e. The summed E-state index contributed by atoms with van der Waals surface area (Å²) in [5.41, 5.74) is 0.477. The molecular formula is C19H18FN3O5S. The van der Waals surface area contributed by atoms with Crippen molar-refractivity contribution in [2.75, 3.05) is 17.5 Å². The molecule has 1 amide bonds. The maximum atomic E-state index is 13.3. The maximum absolute atomic E-state index is 13.3. The van der Waals surface area contributed by atoms with E-state index in [4.69, 9.17) is 4.42 Å². The number of ketones is 1. The first-order chi connectivity index (χ1) is 13.7. The quantitative estimate of drug-likeness (QED) is 0.593. The summed E-state index contributed by atoms with van der Waals surface area (Å²) in [4.78, 5) is 28.8. The lowest BCUT2D eigenvalue weighted by atomic mass is 10.0. The second kappa shape index (κ2) is 7.63. The van der Waals surface area contributed by atoms with Gasteiger partial charge in [-0.1, -0.05) is 0 Å². The van der Waals surface area contributed by atoms with Crippen molar-refractivity contribution in [2.45, 2.75) is 13.8 Å². The van der Waals surface area contributed by atoms with Gasteiger partial charge in [-0.25, -0.2) is 12.8 Å². The molecule has 0 fully saturated rings. The van der Waals surface area contributed by atoms with E-state index >= 15 is 0 Å². The molecule has 0 aliphatic carbocycles. The summed E-state index contributed by atoms with van der Waals surface area (Å²) in [6.07, 6.45) is 0. The lowest BCUT2D eigenvalue weighted by molar-refractivity contribution is 0.0963. The number of benzene rings is 1. The lowest BCUT2D eigenvalue weighted by Gasteiger charge is -2.09. The fraction of sp³-hybridized carbons (Fsp3) is 0.211. The van der Waals surface area contributed by atoms with Gasteiger partial charge in [-0.3, -0.25) is 14.3 Å². The fourth-order valence-electron chi connectivity index (χ4n) is 2.74. The number of fused-ring (bicyclic) bond motifs is 1. The summed E-state index contributed by atoms with van der Waals surface area (Å²) < 4.78 is 45.2. The van der Waals surface area contributed by atoms with Gasteiger partial charge in [0.2, 0.25) is 15.7 Å². The van der Waals surface area contributed by atoms with Crippen LogP contribution < -0.4 is 10.0 Å². The Morgan fingerprint density at radius 3 is 2.41 bits per heavy atom. The highest BCUT2D eigenvalue weighted by Gasteiger charge is 2.25. The number of rotatable bonds is 6. The molecule has 152 valence electrons. The van der Waals surface area contributed by atoms with Crippen LogP contribution in [-0.2, 0) is 10.0 Å². The first kappa shape index (κ1) is 20.5. The van der Waals surface area contributed by atoms with Crippen LogP contribution >= 0.6 is 0 Å². The van der Waals surface area contributed by atoms with Crippen molar-refractivity contribution in [2.24, 2.45) is 0 Å². The topological polar surface area (TPSA) is 118 Å². The number of nitrogens with one attached hydrogen (secondary N) is 2. The zero-order valence-corrected chi connectivity index (χ0v) is 16.7. The van der Waals surface area contributed by atoms with Gasteiger partial charge in [-0.05, 0) is 44.2 Å². The Labute approximate surface area is 166 Å². The van der Waals surface area contributed by atoms with Gasteiger partial charge in [-0.2, -0.15) is 4.98 Å². The first-order valence-corrected chi connectivity index (χ1v) is 10.3. The molecule has 2 N–H and O–H groups in total. The fourth-order valence-corrected chi connectivity index (χ4v) is 3.34. The number of furan rings is 1. The first-order valence-electron chi connectivity index (χ1n) is 8.63. The number of nitrogens with zero attached hydrogens (tertiary/aromatic N) is 1. The van der Waals surface area contributed by atoms with Crippen LogP contribution in [0.25, 0.3) is 22.4 Å². The number of aromatic nitrogens is 1. The number of pyridine rings is 1. The summed E-state index contributed by atoms with van der Waals surface area (Å²) in [5, 5.41) is 2.72. The minimum atomic E-state index is -3.71. The van der Waals surface area contributed by atoms with Gasteiger partial charge in [0.1, 0.15) is 11.6 Å². The van der Waals surface area contributed by atoms with Gasteiger partial charge in [-0.15, -0.1) is 0 Å². The Bertz CT molecular complexity index is 1220. The summed E-state index contributed by atoms with van der Waals surface area (Å²) in [7, 11) is -2.28. The molecule has 29 heavy (non-hydrogen) atoms. The second-order valence-corrected chi connectivity index (χ2v) is 8.20. The number of anilines is 1. The van der Waals surface area contributed by atoms with Gasteiger partial charge in [0, 0.05) is 12.6 Å². The van der Waals surface area contributed by atoms with Gasteiger partial charge >= 0.3 is 0 Å². The molecule has 0 unspecified atom stereocenters. The minimum Gasteiger partial charge on any atom is -0.437 e. The van der Waals surface area contributed by atoms with E-state index in [1.165, 1.54) is 51.2 Å². The number of hydrogen-bond acceptors (Lipinski definition) is 6. The number of amides is 1. The normalized spacial score (nSPS) is 11.4. The van der Waals surface area contributed by atoms with Crippen molar-refractivity contribution in [3.8, 4) is 11.3 Å². The Morgan fingerprint density at radius 1 is 1.21 bits per heavy atom. The third kappa shape index (κ3) is 3.97. The third-order valence-electron chi connectivity index (χ3n) is 4.25. The number of hydrogen-bond donors (Lipinski definition) is 2. The summed E-state index contributed by atoms with van der Waals surface area (Å²) in [6, 6.07) is 6.66.